The molecule has 0 unspecified atom stereocenters. The highest BCUT2D eigenvalue weighted by molar-refractivity contribution is 5.95. The molecular formula is C19H27N3O3. The standard InChI is InChI=1S/C19H27N3O3/c1-21-15-8-4-2-7-14(15)18(20-21)19(24)22-10-11-25-12-16(22)13-6-3-5-9-17(13)23/h13,16H,2-12H2,1H3/t13-,16-/m0/s1. The summed E-state index contributed by atoms with van der Waals surface area (Å²) in [6.45, 7) is 1.56. The molecule has 1 saturated heterocycles. The van der Waals surface area contributed by atoms with Gasteiger partial charge >= 0.3 is 0 Å². The first-order chi connectivity index (χ1) is 12.2. The van der Waals surface area contributed by atoms with E-state index in [4.69, 9.17) is 4.74 Å². The number of rotatable bonds is 2. The average Bonchev–Trinajstić information content (AvgIpc) is 2.99. The Morgan fingerprint density at radius 1 is 1.16 bits per heavy atom. The Hall–Kier alpha value is -1.69. The van der Waals surface area contributed by atoms with Crippen LogP contribution in [0.4, 0.5) is 0 Å². The van der Waals surface area contributed by atoms with Gasteiger partial charge in [0, 0.05) is 37.2 Å². The van der Waals surface area contributed by atoms with Crippen molar-refractivity contribution in [1.29, 1.82) is 0 Å². The van der Waals surface area contributed by atoms with Gasteiger partial charge in [0.25, 0.3) is 5.91 Å². The summed E-state index contributed by atoms with van der Waals surface area (Å²) in [5.41, 5.74) is 2.93. The summed E-state index contributed by atoms with van der Waals surface area (Å²) >= 11 is 0. The third-order valence-corrected chi connectivity index (χ3v) is 6.06. The highest BCUT2D eigenvalue weighted by atomic mass is 16.5. The lowest BCUT2D eigenvalue weighted by Crippen LogP contribution is -2.54. The van der Waals surface area contributed by atoms with Crippen molar-refractivity contribution >= 4 is 11.7 Å². The molecule has 2 atom stereocenters. The zero-order chi connectivity index (χ0) is 17.4. The lowest BCUT2D eigenvalue weighted by atomic mass is 9.82. The van der Waals surface area contributed by atoms with E-state index >= 15 is 0 Å². The van der Waals surface area contributed by atoms with Crippen LogP contribution in [0.15, 0.2) is 0 Å². The predicted molar refractivity (Wildman–Crippen MR) is 92.5 cm³/mol. The fourth-order valence-corrected chi connectivity index (χ4v) is 4.71. The number of aryl methyl sites for hydroxylation is 1. The topological polar surface area (TPSA) is 64.4 Å². The largest absolute Gasteiger partial charge is 0.377 e. The van der Waals surface area contributed by atoms with Crippen LogP contribution >= 0.6 is 0 Å². The lowest BCUT2D eigenvalue weighted by Gasteiger charge is -2.40. The number of Topliss-reactive ketones (excluding diaryl/α,β-unsaturated/α-hetero) is 1. The summed E-state index contributed by atoms with van der Waals surface area (Å²) < 4.78 is 7.52. The third-order valence-electron chi connectivity index (χ3n) is 6.06. The number of ketones is 1. The zero-order valence-electron chi connectivity index (χ0n) is 15.0. The summed E-state index contributed by atoms with van der Waals surface area (Å²) in [4.78, 5) is 27.6. The van der Waals surface area contributed by atoms with E-state index in [1.54, 1.807) is 0 Å². The van der Waals surface area contributed by atoms with E-state index in [2.05, 4.69) is 5.10 Å². The molecule has 2 aliphatic carbocycles. The Balaban J connectivity index is 1.62. The van der Waals surface area contributed by atoms with Crippen LogP contribution in [0.25, 0.3) is 0 Å². The number of aromatic nitrogens is 2. The van der Waals surface area contributed by atoms with E-state index in [0.29, 0.717) is 37.7 Å². The number of hydrogen-bond donors (Lipinski definition) is 0. The van der Waals surface area contributed by atoms with Gasteiger partial charge in [0.15, 0.2) is 5.69 Å². The van der Waals surface area contributed by atoms with Gasteiger partial charge in [-0.2, -0.15) is 5.10 Å². The molecule has 4 rings (SSSR count). The number of nitrogens with zero attached hydrogens (tertiary/aromatic N) is 3. The van der Waals surface area contributed by atoms with Crippen LogP contribution in [0.1, 0.15) is 60.3 Å². The molecule has 136 valence electrons. The molecule has 0 aromatic carbocycles. The second-order valence-corrected chi connectivity index (χ2v) is 7.56. The Labute approximate surface area is 148 Å². The fourth-order valence-electron chi connectivity index (χ4n) is 4.71. The van der Waals surface area contributed by atoms with Crippen molar-refractivity contribution in [1.82, 2.24) is 14.7 Å². The maximum atomic E-state index is 13.3. The minimum Gasteiger partial charge on any atom is -0.377 e. The van der Waals surface area contributed by atoms with Gasteiger partial charge in [-0.1, -0.05) is 6.42 Å². The molecule has 1 aromatic rings. The molecule has 25 heavy (non-hydrogen) atoms. The molecule has 6 nitrogen and oxygen atoms in total. The Morgan fingerprint density at radius 3 is 2.80 bits per heavy atom. The van der Waals surface area contributed by atoms with Gasteiger partial charge in [-0.15, -0.1) is 0 Å². The molecule has 0 spiro atoms. The number of ether oxygens (including phenoxy) is 1. The van der Waals surface area contributed by atoms with Crippen molar-refractivity contribution in [3.8, 4) is 0 Å². The second kappa shape index (κ2) is 6.90. The van der Waals surface area contributed by atoms with Crippen molar-refractivity contribution in [2.75, 3.05) is 19.8 Å². The van der Waals surface area contributed by atoms with Crippen molar-refractivity contribution in [2.45, 2.75) is 57.4 Å². The molecule has 0 N–H and O–H groups in total. The maximum Gasteiger partial charge on any atom is 0.275 e. The molecule has 0 radical (unpaired) electrons. The molecule has 6 heteroatoms. The highest BCUT2D eigenvalue weighted by Crippen LogP contribution is 2.30. The van der Waals surface area contributed by atoms with E-state index in [1.165, 1.54) is 5.69 Å². The monoisotopic (exact) mass is 345 g/mol. The number of fused-ring (bicyclic) bond motifs is 1. The number of carbonyl (C=O) groups is 2. The van der Waals surface area contributed by atoms with Crippen molar-refractivity contribution in [3.05, 3.63) is 17.0 Å². The first-order valence-electron chi connectivity index (χ1n) is 9.63. The lowest BCUT2D eigenvalue weighted by molar-refractivity contribution is -0.129. The van der Waals surface area contributed by atoms with Crippen molar-refractivity contribution in [3.63, 3.8) is 0 Å². The summed E-state index contributed by atoms with van der Waals surface area (Å²) in [6, 6.07) is -0.129. The van der Waals surface area contributed by atoms with E-state index < -0.39 is 0 Å². The smallest absolute Gasteiger partial charge is 0.275 e. The highest BCUT2D eigenvalue weighted by Gasteiger charge is 2.40. The van der Waals surface area contributed by atoms with Crippen molar-refractivity contribution < 1.29 is 14.3 Å². The fraction of sp³-hybridized carbons (Fsp3) is 0.737. The number of morpholine rings is 1. The van der Waals surface area contributed by atoms with Gasteiger partial charge in [-0.3, -0.25) is 14.3 Å². The van der Waals surface area contributed by atoms with E-state index in [9.17, 15) is 9.59 Å². The molecule has 1 aromatic heterocycles. The van der Waals surface area contributed by atoms with Crippen molar-refractivity contribution in [2.24, 2.45) is 13.0 Å². The number of hydrogen-bond acceptors (Lipinski definition) is 4. The SMILES string of the molecule is Cn1nc(C(=O)N2CCOC[C@H]2[C@@H]2CCCCC2=O)c2c1CCCC2. The minimum atomic E-state index is -0.129. The van der Waals surface area contributed by atoms with E-state index in [1.807, 2.05) is 16.6 Å². The van der Waals surface area contributed by atoms with E-state index in [0.717, 1.165) is 50.5 Å². The van der Waals surface area contributed by atoms with Crippen LogP contribution in [-0.2, 0) is 29.4 Å². The van der Waals surface area contributed by atoms with Gasteiger partial charge in [0.1, 0.15) is 5.78 Å². The van der Waals surface area contributed by atoms with Crippen LogP contribution in [0, 0.1) is 5.92 Å². The van der Waals surface area contributed by atoms with Crippen LogP contribution in [0.5, 0.6) is 0 Å². The molecule has 3 aliphatic rings. The van der Waals surface area contributed by atoms with Gasteiger partial charge in [0.2, 0.25) is 0 Å². The first kappa shape index (κ1) is 16.8. The summed E-state index contributed by atoms with van der Waals surface area (Å²) in [6.07, 6.45) is 7.77. The molecule has 1 amide bonds. The maximum absolute atomic E-state index is 13.3. The summed E-state index contributed by atoms with van der Waals surface area (Å²) in [5, 5.41) is 4.57. The number of carbonyl (C=O) groups excluding carboxylic acids is 2. The average molecular weight is 345 g/mol. The van der Waals surface area contributed by atoms with Gasteiger partial charge < -0.3 is 9.64 Å². The quantitative estimate of drug-likeness (QED) is 0.821. The number of amides is 1. The Kier molecular flexibility index (Phi) is 4.63. The molecule has 2 heterocycles. The van der Waals surface area contributed by atoms with Crippen LogP contribution in [0.2, 0.25) is 0 Å². The van der Waals surface area contributed by atoms with Crippen LogP contribution in [-0.4, -0.2) is 52.2 Å². The van der Waals surface area contributed by atoms with Gasteiger partial charge in [-0.05, 0) is 38.5 Å². The van der Waals surface area contributed by atoms with Gasteiger partial charge in [0.05, 0.1) is 19.3 Å². The van der Waals surface area contributed by atoms with Crippen LogP contribution < -0.4 is 0 Å². The third kappa shape index (κ3) is 3.01. The molecule has 1 aliphatic heterocycles. The zero-order valence-corrected chi connectivity index (χ0v) is 15.0. The summed E-state index contributed by atoms with van der Waals surface area (Å²) in [5.74, 6) is 0.213. The van der Waals surface area contributed by atoms with Crippen LogP contribution in [0.3, 0.4) is 0 Å². The predicted octanol–water partition coefficient (Wildman–Crippen LogP) is 1.90. The Bertz CT molecular complexity index is 682. The van der Waals surface area contributed by atoms with Gasteiger partial charge in [-0.25, -0.2) is 0 Å². The second-order valence-electron chi connectivity index (χ2n) is 7.56. The molecule has 2 fully saturated rings. The van der Waals surface area contributed by atoms with E-state index in [-0.39, 0.29) is 17.9 Å². The minimum absolute atomic E-state index is 0.00887. The Morgan fingerprint density at radius 2 is 1.96 bits per heavy atom. The summed E-state index contributed by atoms with van der Waals surface area (Å²) in [7, 11) is 1.93. The normalized spacial score (nSPS) is 27.2. The first-order valence-corrected chi connectivity index (χ1v) is 9.63. The molecular weight excluding hydrogens is 318 g/mol. The molecule has 0 bridgehead atoms. The molecule has 1 saturated carbocycles.